The minimum atomic E-state index is 0.182. The maximum Gasteiger partial charge on any atom is 0.180 e. The van der Waals surface area contributed by atoms with Gasteiger partial charge in [-0.05, 0) is 24.8 Å². The largest absolute Gasteiger partial charge is 0.377 e. The fourth-order valence-electron chi connectivity index (χ4n) is 3.32. The van der Waals surface area contributed by atoms with Crippen molar-refractivity contribution >= 4 is 5.78 Å². The molecule has 1 aliphatic heterocycles. The van der Waals surface area contributed by atoms with E-state index < -0.39 is 0 Å². The van der Waals surface area contributed by atoms with Crippen molar-refractivity contribution in [3.05, 3.63) is 23.4 Å². The van der Waals surface area contributed by atoms with E-state index in [2.05, 4.69) is 18.9 Å². The molecule has 0 amide bonds. The molecule has 3 aliphatic rings. The smallest absolute Gasteiger partial charge is 0.180 e. The molecular formula is C12H15NO. The summed E-state index contributed by atoms with van der Waals surface area (Å²) in [6.45, 7) is 3.29. The topological polar surface area (TPSA) is 20.3 Å². The molecule has 2 heteroatoms. The van der Waals surface area contributed by atoms with Crippen LogP contribution in [-0.2, 0) is 4.79 Å². The lowest BCUT2D eigenvalue weighted by molar-refractivity contribution is -0.110. The summed E-state index contributed by atoms with van der Waals surface area (Å²) in [6, 6.07) is 0. The van der Waals surface area contributed by atoms with Gasteiger partial charge in [-0.15, -0.1) is 0 Å². The predicted octanol–water partition coefficient (Wildman–Crippen LogP) is 1.74. The van der Waals surface area contributed by atoms with Crippen LogP contribution in [0.3, 0.4) is 0 Å². The minimum absolute atomic E-state index is 0.182. The second-order valence-electron chi connectivity index (χ2n) is 4.71. The van der Waals surface area contributed by atoms with E-state index in [1.807, 2.05) is 12.2 Å². The van der Waals surface area contributed by atoms with Crippen LogP contribution in [0.4, 0.5) is 0 Å². The average Bonchev–Trinajstić information content (AvgIpc) is 2.77. The summed E-state index contributed by atoms with van der Waals surface area (Å²) >= 11 is 0. The fraction of sp³-hybridized carbons (Fsp3) is 0.583. The Kier molecular flexibility index (Phi) is 1.36. The SMILES string of the molecule is CCC1=CC(=O)C=C2N(C)CC3CC123. The Hall–Kier alpha value is -1.05. The second-order valence-corrected chi connectivity index (χ2v) is 4.71. The molecule has 3 rings (SSSR count). The van der Waals surface area contributed by atoms with Crippen LogP contribution in [0.1, 0.15) is 19.8 Å². The number of allylic oxidation sites excluding steroid dienone is 3. The monoisotopic (exact) mass is 189 g/mol. The summed E-state index contributed by atoms with van der Waals surface area (Å²) in [4.78, 5) is 13.8. The van der Waals surface area contributed by atoms with Gasteiger partial charge in [-0.2, -0.15) is 0 Å². The van der Waals surface area contributed by atoms with Gasteiger partial charge in [0.25, 0.3) is 0 Å². The molecule has 74 valence electrons. The maximum atomic E-state index is 11.5. The molecular weight excluding hydrogens is 174 g/mol. The molecule has 0 N–H and O–H groups in total. The number of ketones is 1. The first-order valence-electron chi connectivity index (χ1n) is 5.37. The third-order valence-corrected chi connectivity index (χ3v) is 4.02. The molecule has 0 aromatic heterocycles. The molecule has 2 atom stereocenters. The average molecular weight is 189 g/mol. The quantitative estimate of drug-likeness (QED) is 0.626. The lowest BCUT2D eigenvalue weighted by atomic mass is 9.84. The Morgan fingerprint density at radius 2 is 2.36 bits per heavy atom. The molecule has 1 saturated carbocycles. The van der Waals surface area contributed by atoms with Crippen molar-refractivity contribution in [2.24, 2.45) is 11.3 Å². The maximum absolute atomic E-state index is 11.5. The van der Waals surface area contributed by atoms with Gasteiger partial charge in [-0.1, -0.05) is 12.5 Å². The summed E-state index contributed by atoms with van der Waals surface area (Å²) in [5, 5.41) is 0. The molecule has 1 heterocycles. The number of hydrogen-bond acceptors (Lipinski definition) is 2. The highest BCUT2D eigenvalue weighted by Crippen LogP contribution is 2.68. The third-order valence-electron chi connectivity index (χ3n) is 4.02. The van der Waals surface area contributed by atoms with Gasteiger partial charge < -0.3 is 4.90 Å². The van der Waals surface area contributed by atoms with Crippen LogP contribution in [-0.4, -0.2) is 24.3 Å². The molecule has 1 spiro atoms. The van der Waals surface area contributed by atoms with Gasteiger partial charge in [0.15, 0.2) is 5.78 Å². The zero-order valence-electron chi connectivity index (χ0n) is 8.71. The molecule has 2 unspecified atom stereocenters. The van der Waals surface area contributed by atoms with Crippen LogP contribution in [0.2, 0.25) is 0 Å². The lowest BCUT2D eigenvalue weighted by Crippen LogP contribution is -2.23. The molecule has 2 nitrogen and oxygen atoms in total. The molecule has 0 bridgehead atoms. The Morgan fingerprint density at radius 1 is 1.57 bits per heavy atom. The number of piperidine rings is 1. The summed E-state index contributed by atoms with van der Waals surface area (Å²) < 4.78 is 0. The zero-order valence-corrected chi connectivity index (χ0v) is 8.71. The van der Waals surface area contributed by atoms with E-state index in [0.717, 1.165) is 18.9 Å². The van der Waals surface area contributed by atoms with Crippen LogP contribution >= 0.6 is 0 Å². The lowest BCUT2D eigenvalue weighted by Gasteiger charge is -2.26. The zero-order chi connectivity index (χ0) is 9.92. The number of rotatable bonds is 1. The summed E-state index contributed by atoms with van der Waals surface area (Å²) in [6.07, 6.45) is 6.00. The first-order valence-corrected chi connectivity index (χ1v) is 5.37. The van der Waals surface area contributed by atoms with Crippen molar-refractivity contribution < 1.29 is 4.79 Å². The molecule has 2 fully saturated rings. The number of hydrogen-bond donors (Lipinski definition) is 0. The Morgan fingerprint density at radius 3 is 3.07 bits per heavy atom. The van der Waals surface area contributed by atoms with E-state index in [0.29, 0.717) is 5.41 Å². The predicted molar refractivity (Wildman–Crippen MR) is 54.6 cm³/mol. The van der Waals surface area contributed by atoms with Crippen LogP contribution < -0.4 is 0 Å². The van der Waals surface area contributed by atoms with Gasteiger partial charge in [0.05, 0.1) is 0 Å². The van der Waals surface area contributed by atoms with Crippen molar-refractivity contribution in [2.75, 3.05) is 13.6 Å². The van der Waals surface area contributed by atoms with Gasteiger partial charge in [0.1, 0.15) is 0 Å². The van der Waals surface area contributed by atoms with Crippen LogP contribution in [0.15, 0.2) is 23.4 Å². The van der Waals surface area contributed by atoms with E-state index >= 15 is 0 Å². The summed E-state index contributed by atoms with van der Waals surface area (Å²) in [7, 11) is 2.10. The normalized spacial score (nSPS) is 38.9. The van der Waals surface area contributed by atoms with E-state index in [-0.39, 0.29) is 5.78 Å². The number of nitrogens with zero attached hydrogens (tertiary/aromatic N) is 1. The highest BCUT2D eigenvalue weighted by molar-refractivity contribution is 6.02. The Balaban J connectivity index is 2.11. The van der Waals surface area contributed by atoms with Crippen molar-refractivity contribution in [1.82, 2.24) is 4.90 Å². The highest BCUT2D eigenvalue weighted by atomic mass is 16.1. The van der Waals surface area contributed by atoms with Gasteiger partial charge in [-0.3, -0.25) is 4.79 Å². The number of carbonyl (C=O) groups is 1. The Bertz CT molecular complexity index is 380. The van der Waals surface area contributed by atoms with Crippen LogP contribution in [0.25, 0.3) is 0 Å². The summed E-state index contributed by atoms with van der Waals surface area (Å²) in [5.41, 5.74) is 2.96. The molecule has 1 saturated heterocycles. The van der Waals surface area contributed by atoms with Crippen molar-refractivity contribution in [3.63, 3.8) is 0 Å². The van der Waals surface area contributed by atoms with Gasteiger partial charge >= 0.3 is 0 Å². The first kappa shape index (κ1) is 8.27. The van der Waals surface area contributed by atoms with E-state index in [1.165, 1.54) is 17.7 Å². The fourth-order valence-corrected chi connectivity index (χ4v) is 3.32. The molecule has 0 aromatic carbocycles. The van der Waals surface area contributed by atoms with Crippen LogP contribution in [0, 0.1) is 11.3 Å². The van der Waals surface area contributed by atoms with Crippen molar-refractivity contribution in [3.8, 4) is 0 Å². The summed E-state index contributed by atoms with van der Waals surface area (Å²) in [5.74, 6) is 0.972. The van der Waals surface area contributed by atoms with Gasteiger partial charge in [0, 0.05) is 30.8 Å². The number of carbonyl (C=O) groups excluding carboxylic acids is 1. The molecule has 0 aromatic rings. The molecule has 0 radical (unpaired) electrons. The molecule has 2 aliphatic carbocycles. The highest BCUT2D eigenvalue weighted by Gasteiger charge is 2.64. The first-order chi connectivity index (χ1) is 6.68. The van der Waals surface area contributed by atoms with E-state index in [4.69, 9.17) is 0 Å². The van der Waals surface area contributed by atoms with E-state index in [1.54, 1.807) is 0 Å². The van der Waals surface area contributed by atoms with Crippen molar-refractivity contribution in [2.45, 2.75) is 19.8 Å². The second kappa shape index (κ2) is 2.30. The van der Waals surface area contributed by atoms with Gasteiger partial charge in [-0.25, -0.2) is 0 Å². The van der Waals surface area contributed by atoms with Crippen molar-refractivity contribution in [1.29, 1.82) is 0 Å². The Labute approximate surface area is 84.3 Å². The van der Waals surface area contributed by atoms with E-state index in [9.17, 15) is 4.79 Å². The standard InChI is InChI=1S/C12H15NO/c1-3-8-4-10(14)5-11-12(8)6-9(12)7-13(11)2/h4-5,9H,3,6-7H2,1-2H3. The number of likely N-dealkylation sites (tertiary alicyclic amines) is 1. The minimum Gasteiger partial charge on any atom is -0.377 e. The van der Waals surface area contributed by atoms with Crippen LogP contribution in [0.5, 0.6) is 0 Å². The molecule has 14 heavy (non-hydrogen) atoms. The van der Waals surface area contributed by atoms with Gasteiger partial charge in [0.2, 0.25) is 0 Å². The third kappa shape index (κ3) is 0.753.